The van der Waals surface area contributed by atoms with Crippen LogP contribution in [0.3, 0.4) is 0 Å². The first-order chi connectivity index (χ1) is 9.56. The molecule has 106 valence electrons. The summed E-state index contributed by atoms with van der Waals surface area (Å²) in [5, 5.41) is 7.79. The average Bonchev–Trinajstić information content (AvgIpc) is 2.73. The van der Waals surface area contributed by atoms with E-state index in [1.54, 1.807) is 6.92 Å². The van der Waals surface area contributed by atoms with Crippen molar-refractivity contribution in [2.75, 3.05) is 11.9 Å². The second-order valence-corrected chi connectivity index (χ2v) is 5.06. The molecule has 0 saturated heterocycles. The van der Waals surface area contributed by atoms with E-state index in [1.165, 1.54) is 5.69 Å². The van der Waals surface area contributed by atoms with Crippen LogP contribution < -0.4 is 5.32 Å². The van der Waals surface area contributed by atoms with E-state index in [0.29, 0.717) is 0 Å². The van der Waals surface area contributed by atoms with Gasteiger partial charge in [0, 0.05) is 30.0 Å². The molecule has 1 aromatic carbocycles. The van der Waals surface area contributed by atoms with Crippen molar-refractivity contribution >= 4 is 11.5 Å². The SMILES string of the molecule is CC(=O)c1ccc(NCCCn2nc(C)cc2C)cc1. The highest BCUT2D eigenvalue weighted by molar-refractivity contribution is 5.94. The van der Waals surface area contributed by atoms with Crippen LogP contribution in [0.5, 0.6) is 0 Å². The Morgan fingerprint density at radius 1 is 1.25 bits per heavy atom. The standard InChI is InChI=1S/C16H21N3O/c1-12-11-13(2)19(18-12)10-4-9-17-16-7-5-15(6-8-16)14(3)20/h5-8,11,17H,4,9-10H2,1-3H3. The minimum atomic E-state index is 0.0982. The summed E-state index contributed by atoms with van der Waals surface area (Å²) in [4.78, 5) is 11.2. The van der Waals surface area contributed by atoms with Crippen LogP contribution in [0, 0.1) is 13.8 Å². The molecule has 2 rings (SSSR count). The van der Waals surface area contributed by atoms with E-state index in [9.17, 15) is 4.79 Å². The van der Waals surface area contributed by atoms with Gasteiger partial charge in [0.05, 0.1) is 5.69 Å². The van der Waals surface area contributed by atoms with Gasteiger partial charge < -0.3 is 5.32 Å². The predicted molar refractivity (Wildman–Crippen MR) is 81.3 cm³/mol. The number of nitrogens with one attached hydrogen (secondary N) is 1. The van der Waals surface area contributed by atoms with E-state index < -0.39 is 0 Å². The summed E-state index contributed by atoms with van der Waals surface area (Å²) in [5.74, 6) is 0.0982. The molecule has 0 amide bonds. The van der Waals surface area contributed by atoms with Crippen LogP contribution in [0.15, 0.2) is 30.3 Å². The molecule has 0 bridgehead atoms. The van der Waals surface area contributed by atoms with Gasteiger partial charge in [-0.05, 0) is 57.5 Å². The molecule has 0 spiro atoms. The molecule has 0 saturated carbocycles. The van der Waals surface area contributed by atoms with Gasteiger partial charge in [0.2, 0.25) is 0 Å². The van der Waals surface area contributed by atoms with Crippen molar-refractivity contribution in [1.29, 1.82) is 0 Å². The maximum atomic E-state index is 11.2. The van der Waals surface area contributed by atoms with Crippen molar-refractivity contribution in [3.63, 3.8) is 0 Å². The number of aryl methyl sites for hydroxylation is 3. The fourth-order valence-electron chi connectivity index (χ4n) is 2.19. The Bertz CT molecular complexity index is 584. The second-order valence-electron chi connectivity index (χ2n) is 5.06. The van der Waals surface area contributed by atoms with Gasteiger partial charge in [-0.3, -0.25) is 9.48 Å². The number of hydrogen-bond donors (Lipinski definition) is 1. The summed E-state index contributed by atoms with van der Waals surface area (Å²) in [6.45, 7) is 7.47. The zero-order chi connectivity index (χ0) is 14.5. The average molecular weight is 271 g/mol. The van der Waals surface area contributed by atoms with Crippen molar-refractivity contribution in [1.82, 2.24) is 9.78 Å². The van der Waals surface area contributed by atoms with Gasteiger partial charge in [-0.1, -0.05) is 0 Å². The summed E-state index contributed by atoms with van der Waals surface area (Å²) in [5.41, 5.74) is 4.06. The van der Waals surface area contributed by atoms with Gasteiger partial charge in [-0.15, -0.1) is 0 Å². The Kier molecular flexibility index (Phi) is 4.56. The van der Waals surface area contributed by atoms with Crippen LogP contribution >= 0.6 is 0 Å². The highest BCUT2D eigenvalue weighted by Crippen LogP contribution is 2.10. The number of Topliss-reactive ketones (excluding diaryl/α,β-unsaturated/α-hetero) is 1. The number of anilines is 1. The van der Waals surface area contributed by atoms with Gasteiger partial charge >= 0.3 is 0 Å². The van der Waals surface area contributed by atoms with Crippen LogP contribution in [0.25, 0.3) is 0 Å². The zero-order valence-corrected chi connectivity index (χ0v) is 12.3. The minimum absolute atomic E-state index is 0.0982. The number of carbonyl (C=O) groups is 1. The first-order valence-corrected chi connectivity index (χ1v) is 6.92. The van der Waals surface area contributed by atoms with E-state index in [-0.39, 0.29) is 5.78 Å². The molecule has 4 nitrogen and oxygen atoms in total. The molecular formula is C16H21N3O. The predicted octanol–water partition coefficient (Wildman–Crippen LogP) is 3.20. The molecule has 0 fully saturated rings. The van der Waals surface area contributed by atoms with Crippen LogP contribution in [0.4, 0.5) is 5.69 Å². The van der Waals surface area contributed by atoms with Gasteiger partial charge in [-0.2, -0.15) is 5.10 Å². The monoisotopic (exact) mass is 271 g/mol. The Balaban J connectivity index is 1.78. The Hall–Kier alpha value is -2.10. The third-order valence-corrected chi connectivity index (χ3v) is 3.27. The number of rotatable bonds is 6. The van der Waals surface area contributed by atoms with E-state index in [4.69, 9.17) is 0 Å². The van der Waals surface area contributed by atoms with Crippen LogP contribution in [-0.4, -0.2) is 22.1 Å². The molecular weight excluding hydrogens is 250 g/mol. The summed E-state index contributed by atoms with van der Waals surface area (Å²) in [6, 6.07) is 9.69. The molecule has 20 heavy (non-hydrogen) atoms. The molecule has 0 radical (unpaired) electrons. The van der Waals surface area contributed by atoms with E-state index >= 15 is 0 Å². The van der Waals surface area contributed by atoms with Gasteiger partial charge in [-0.25, -0.2) is 0 Å². The van der Waals surface area contributed by atoms with Crippen molar-refractivity contribution in [2.24, 2.45) is 0 Å². The van der Waals surface area contributed by atoms with Crippen molar-refractivity contribution in [2.45, 2.75) is 33.7 Å². The smallest absolute Gasteiger partial charge is 0.159 e. The number of benzene rings is 1. The van der Waals surface area contributed by atoms with E-state index in [2.05, 4.69) is 23.4 Å². The fraction of sp³-hybridized carbons (Fsp3) is 0.375. The number of carbonyl (C=O) groups excluding carboxylic acids is 1. The highest BCUT2D eigenvalue weighted by Gasteiger charge is 2.01. The lowest BCUT2D eigenvalue weighted by Gasteiger charge is -2.08. The van der Waals surface area contributed by atoms with E-state index in [0.717, 1.165) is 36.5 Å². The zero-order valence-electron chi connectivity index (χ0n) is 12.3. The summed E-state index contributed by atoms with van der Waals surface area (Å²) in [7, 11) is 0. The number of aromatic nitrogens is 2. The van der Waals surface area contributed by atoms with Crippen molar-refractivity contribution < 1.29 is 4.79 Å². The van der Waals surface area contributed by atoms with Gasteiger partial charge in [0.25, 0.3) is 0 Å². The third-order valence-electron chi connectivity index (χ3n) is 3.27. The van der Waals surface area contributed by atoms with Crippen LogP contribution in [0.1, 0.15) is 35.1 Å². The van der Waals surface area contributed by atoms with Crippen molar-refractivity contribution in [3.05, 3.63) is 47.3 Å². The molecule has 4 heteroatoms. The number of ketones is 1. The maximum absolute atomic E-state index is 11.2. The Labute approximate surface area is 119 Å². The molecule has 0 aliphatic rings. The maximum Gasteiger partial charge on any atom is 0.159 e. The lowest BCUT2D eigenvalue weighted by Crippen LogP contribution is -2.09. The molecule has 1 aromatic heterocycles. The van der Waals surface area contributed by atoms with Gasteiger partial charge in [0.15, 0.2) is 5.78 Å². The molecule has 0 aliphatic carbocycles. The normalized spacial score (nSPS) is 10.6. The summed E-state index contributed by atoms with van der Waals surface area (Å²) < 4.78 is 2.04. The van der Waals surface area contributed by atoms with E-state index in [1.807, 2.05) is 35.9 Å². The molecule has 1 N–H and O–H groups in total. The highest BCUT2D eigenvalue weighted by atomic mass is 16.1. The topological polar surface area (TPSA) is 46.9 Å². The molecule has 1 heterocycles. The Morgan fingerprint density at radius 3 is 2.50 bits per heavy atom. The summed E-state index contributed by atoms with van der Waals surface area (Å²) >= 11 is 0. The molecule has 0 aliphatic heterocycles. The molecule has 0 unspecified atom stereocenters. The van der Waals surface area contributed by atoms with Gasteiger partial charge in [0.1, 0.15) is 0 Å². The minimum Gasteiger partial charge on any atom is -0.385 e. The van der Waals surface area contributed by atoms with Crippen molar-refractivity contribution in [3.8, 4) is 0 Å². The summed E-state index contributed by atoms with van der Waals surface area (Å²) in [6.07, 6.45) is 1.01. The lowest BCUT2D eigenvalue weighted by molar-refractivity contribution is 0.101. The molecule has 0 atom stereocenters. The Morgan fingerprint density at radius 2 is 1.95 bits per heavy atom. The third kappa shape index (κ3) is 3.70. The number of nitrogens with zero attached hydrogens (tertiary/aromatic N) is 2. The second kappa shape index (κ2) is 6.37. The fourth-order valence-corrected chi connectivity index (χ4v) is 2.19. The van der Waals surface area contributed by atoms with Crippen LogP contribution in [-0.2, 0) is 6.54 Å². The first kappa shape index (κ1) is 14.3. The first-order valence-electron chi connectivity index (χ1n) is 6.92. The number of hydrogen-bond acceptors (Lipinski definition) is 3. The van der Waals surface area contributed by atoms with Crippen LogP contribution in [0.2, 0.25) is 0 Å². The quantitative estimate of drug-likeness (QED) is 0.648. The lowest BCUT2D eigenvalue weighted by atomic mass is 10.1. The largest absolute Gasteiger partial charge is 0.385 e. The molecule has 2 aromatic rings.